The lowest BCUT2D eigenvalue weighted by Crippen LogP contribution is -2.14. The number of hydrogen-bond donors (Lipinski definition) is 0. The molecule has 4 rings (SSSR count). The number of rotatable bonds is 4. The van der Waals surface area contributed by atoms with E-state index < -0.39 is 10.0 Å². The van der Waals surface area contributed by atoms with Crippen molar-refractivity contribution >= 4 is 37.3 Å². The first kappa shape index (κ1) is 19.1. The molecule has 0 unspecified atom stereocenters. The molecule has 0 fully saturated rings. The van der Waals surface area contributed by atoms with E-state index in [4.69, 9.17) is 0 Å². The van der Waals surface area contributed by atoms with Crippen LogP contribution in [0.2, 0.25) is 0 Å². The van der Waals surface area contributed by atoms with Crippen molar-refractivity contribution in [2.45, 2.75) is 18.1 Å². The third-order valence-corrected chi connectivity index (χ3v) is 7.97. The Hall–Kier alpha value is -2.24. The molecule has 0 spiro atoms. The van der Waals surface area contributed by atoms with Crippen LogP contribution in [-0.2, 0) is 24.1 Å². The Morgan fingerprint density at radius 3 is 2.07 bits per heavy atom. The molecule has 4 heterocycles. The molecule has 4 aromatic rings. The normalized spacial score (nSPS) is 12.0. The van der Waals surface area contributed by atoms with Gasteiger partial charge in [0.15, 0.2) is 0 Å². The Labute approximate surface area is 174 Å². The Balaban J connectivity index is 1.99. The van der Waals surface area contributed by atoms with Crippen LogP contribution in [0.15, 0.2) is 38.6 Å². The minimum absolute atomic E-state index is 0.208. The van der Waals surface area contributed by atoms with Crippen molar-refractivity contribution in [3.05, 3.63) is 45.8 Å². The minimum atomic E-state index is -3.87. The summed E-state index contributed by atoms with van der Waals surface area (Å²) in [7, 11) is -0.249. The molecule has 0 aliphatic rings. The SMILES string of the molecule is Cc1nn(C)cc1-c1cc(-c2cn(C)nc2C)n(S(=O)(=O)c2ccc(Br)s2)n1. The van der Waals surface area contributed by atoms with Gasteiger partial charge in [-0.05, 0) is 48.0 Å². The second kappa shape index (κ2) is 6.68. The highest BCUT2D eigenvalue weighted by molar-refractivity contribution is 9.11. The smallest absolute Gasteiger partial charge is 0.275 e. The molecule has 0 saturated carbocycles. The van der Waals surface area contributed by atoms with Crippen LogP contribution in [0.3, 0.4) is 0 Å². The van der Waals surface area contributed by atoms with Gasteiger partial charge in [0.1, 0.15) is 4.21 Å². The Bertz CT molecular complexity index is 1300. The van der Waals surface area contributed by atoms with Gasteiger partial charge in [-0.15, -0.1) is 11.3 Å². The van der Waals surface area contributed by atoms with Crippen LogP contribution in [0, 0.1) is 13.8 Å². The lowest BCUT2D eigenvalue weighted by Gasteiger charge is -2.06. The van der Waals surface area contributed by atoms with E-state index in [9.17, 15) is 8.42 Å². The van der Waals surface area contributed by atoms with Crippen molar-refractivity contribution in [2.24, 2.45) is 14.1 Å². The van der Waals surface area contributed by atoms with Crippen molar-refractivity contribution in [3.8, 4) is 22.5 Å². The summed E-state index contributed by atoms with van der Waals surface area (Å²) in [6, 6.07) is 5.05. The van der Waals surface area contributed by atoms with Gasteiger partial charge in [-0.25, -0.2) is 0 Å². The second-order valence-electron chi connectivity index (χ2n) is 6.43. The number of halogens is 1. The maximum absolute atomic E-state index is 13.3. The number of thiophene rings is 1. The highest BCUT2D eigenvalue weighted by Gasteiger charge is 2.27. The van der Waals surface area contributed by atoms with Crippen LogP contribution in [0.5, 0.6) is 0 Å². The molecule has 0 atom stereocenters. The predicted molar refractivity (Wildman–Crippen MR) is 111 cm³/mol. The standard InChI is InChI=1S/C17H17BrN6O2S2/c1-10-12(8-22(3)19-10)14-7-15(13-9-23(4)20-11(13)2)24(21-14)28(25,26)17-6-5-16(18)27-17/h5-9H,1-4H3. The van der Waals surface area contributed by atoms with E-state index in [0.717, 1.165) is 36.2 Å². The molecule has 8 nitrogen and oxygen atoms in total. The lowest BCUT2D eigenvalue weighted by atomic mass is 10.1. The fraction of sp³-hybridized carbons (Fsp3) is 0.235. The third-order valence-electron chi connectivity index (χ3n) is 4.29. The van der Waals surface area contributed by atoms with E-state index in [-0.39, 0.29) is 4.21 Å². The molecule has 11 heteroatoms. The predicted octanol–water partition coefficient (Wildman–Crippen LogP) is 3.36. The summed E-state index contributed by atoms with van der Waals surface area (Å²) in [5.41, 5.74) is 4.00. The molecule has 0 aliphatic carbocycles. The van der Waals surface area contributed by atoms with Crippen LogP contribution >= 0.6 is 27.3 Å². The number of hydrogen-bond acceptors (Lipinski definition) is 6. The largest absolute Gasteiger partial charge is 0.293 e. The second-order valence-corrected chi connectivity index (χ2v) is 10.9. The van der Waals surface area contributed by atoms with E-state index in [1.165, 1.54) is 0 Å². The van der Waals surface area contributed by atoms with E-state index in [2.05, 4.69) is 31.2 Å². The first-order valence-electron chi connectivity index (χ1n) is 8.29. The maximum Gasteiger partial charge on any atom is 0.293 e. The van der Waals surface area contributed by atoms with E-state index >= 15 is 0 Å². The van der Waals surface area contributed by atoms with Crippen molar-refractivity contribution in [1.29, 1.82) is 0 Å². The van der Waals surface area contributed by atoms with E-state index in [1.807, 2.05) is 27.1 Å². The fourth-order valence-electron chi connectivity index (χ4n) is 3.08. The summed E-state index contributed by atoms with van der Waals surface area (Å²) in [6.07, 6.45) is 3.62. The molecule has 0 N–H and O–H groups in total. The highest BCUT2D eigenvalue weighted by atomic mass is 79.9. The molecular weight excluding hydrogens is 464 g/mol. The molecule has 0 bridgehead atoms. The Morgan fingerprint density at radius 2 is 1.57 bits per heavy atom. The van der Waals surface area contributed by atoms with Crippen LogP contribution in [0.25, 0.3) is 22.5 Å². The zero-order chi connectivity index (χ0) is 20.2. The highest BCUT2D eigenvalue weighted by Crippen LogP contribution is 2.34. The summed E-state index contributed by atoms with van der Waals surface area (Å²) in [5, 5.41) is 13.2. The lowest BCUT2D eigenvalue weighted by molar-refractivity contribution is 0.583. The van der Waals surface area contributed by atoms with Gasteiger partial charge in [-0.3, -0.25) is 9.36 Å². The van der Waals surface area contributed by atoms with Gasteiger partial charge < -0.3 is 0 Å². The minimum Gasteiger partial charge on any atom is -0.275 e. The van der Waals surface area contributed by atoms with Gasteiger partial charge in [0.05, 0.1) is 26.6 Å². The van der Waals surface area contributed by atoms with Gasteiger partial charge in [-0.2, -0.15) is 27.8 Å². The summed E-state index contributed by atoms with van der Waals surface area (Å²) in [6.45, 7) is 3.71. The molecule has 28 heavy (non-hydrogen) atoms. The third kappa shape index (κ3) is 3.12. The topological polar surface area (TPSA) is 87.6 Å². The molecule has 0 aliphatic heterocycles. The molecule has 0 radical (unpaired) electrons. The van der Waals surface area contributed by atoms with Crippen LogP contribution in [0.1, 0.15) is 11.4 Å². The van der Waals surface area contributed by atoms with Crippen molar-refractivity contribution in [2.75, 3.05) is 0 Å². The first-order chi connectivity index (χ1) is 13.2. The zero-order valence-electron chi connectivity index (χ0n) is 15.6. The molecule has 4 aromatic heterocycles. The van der Waals surface area contributed by atoms with Crippen LogP contribution in [-0.4, -0.2) is 37.2 Å². The number of nitrogens with zero attached hydrogens (tertiary/aromatic N) is 6. The Morgan fingerprint density at radius 1 is 0.964 bits per heavy atom. The van der Waals surface area contributed by atoms with Gasteiger partial charge in [0, 0.05) is 37.6 Å². The quantitative estimate of drug-likeness (QED) is 0.446. The van der Waals surface area contributed by atoms with Crippen molar-refractivity contribution in [1.82, 2.24) is 28.7 Å². The van der Waals surface area contributed by atoms with Crippen LogP contribution in [0.4, 0.5) is 0 Å². The first-order valence-corrected chi connectivity index (χ1v) is 11.3. The number of aryl methyl sites for hydroxylation is 4. The van der Waals surface area contributed by atoms with Gasteiger partial charge in [0.25, 0.3) is 10.0 Å². The van der Waals surface area contributed by atoms with Gasteiger partial charge in [-0.1, -0.05) is 0 Å². The van der Waals surface area contributed by atoms with Crippen molar-refractivity contribution < 1.29 is 8.42 Å². The van der Waals surface area contributed by atoms with Gasteiger partial charge in [0.2, 0.25) is 0 Å². The monoisotopic (exact) mass is 480 g/mol. The van der Waals surface area contributed by atoms with Crippen molar-refractivity contribution in [3.63, 3.8) is 0 Å². The summed E-state index contributed by atoms with van der Waals surface area (Å²) >= 11 is 4.48. The number of aromatic nitrogens is 6. The summed E-state index contributed by atoms with van der Waals surface area (Å²) in [4.78, 5) is 0. The molecular formula is C17H17BrN6O2S2. The maximum atomic E-state index is 13.3. The van der Waals surface area contributed by atoms with E-state index in [0.29, 0.717) is 17.0 Å². The fourth-order valence-corrected chi connectivity index (χ4v) is 6.44. The molecule has 0 amide bonds. The molecule has 0 saturated heterocycles. The molecule has 0 aromatic carbocycles. The zero-order valence-corrected chi connectivity index (χ0v) is 18.8. The average molecular weight is 481 g/mol. The summed E-state index contributed by atoms with van der Waals surface area (Å²) < 4.78 is 32.1. The van der Waals surface area contributed by atoms with Gasteiger partial charge >= 0.3 is 0 Å². The Kier molecular flexibility index (Phi) is 4.55. The van der Waals surface area contributed by atoms with E-state index in [1.54, 1.807) is 40.8 Å². The van der Waals surface area contributed by atoms with Crippen LogP contribution < -0.4 is 0 Å². The molecule has 146 valence electrons. The summed E-state index contributed by atoms with van der Waals surface area (Å²) in [5.74, 6) is 0. The average Bonchev–Trinajstić information content (AvgIpc) is 3.35.